The molecule has 0 saturated heterocycles. The molecule has 80 valence electrons. The zero-order chi connectivity index (χ0) is 11.4. The lowest BCUT2D eigenvalue weighted by atomic mass is 10.2. The normalized spacial score (nSPS) is 14.1. The van der Waals surface area contributed by atoms with Gasteiger partial charge < -0.3 is 9.84 Å². The molecule has 2 unspecified atom stereocenters. The first-order valence-corrected chi connectivity index (χ1v) is 4.96. The molecule has 0 aromatic heterocycles. The second-order valence-corrected chi connectivity index (χ2v) is 3.73. The Labute approximate surface area is 93.9 Å². The van der Waals surface area contributed by atoms with Gasteiger partial charge in [0.2, 0.25) is 0 Å². The lowest BCUT2D eigenvalue weighted by molar-refractivity contribution is 0.0605. The second-order valence-electron chi connectivity index (χ2n) is 3.32. The Balaban J connectivity index is 2.84. The summed E-state index contributed by atoms with van der Waals surface area (Å²) in [6, 6.07) is 6.76. The van der Waals surface area contributed by atoms with Crippen LogP contribution in [0.1, 0.15) is 19.4 Å². The van der Waals surface area contributed by atoms with Crippen molar-refractivity contribution in [3.05, 3.63) is 28.8 Å². The van der Waals surface area contributed by atoms with Crippen molar-refractivity contribution in [2.24, 2.45) is 0 Å². The Bertz CT molecular complexity index is 385. The van der Waals surface area contributed by atoms with Crippen LogP contribution in [0.2, 0.25) is 5.02 Å². The molecular weight excluding hydrogens is 214 g/mol. The van der Waals surface area contributed by atoms with Crippen molar-refractivity contribution in [3.63, 3.8) is 0 Å². The number of ether oxygens (including phenoxy) is 1. The van der Waals surface area contributed by atoms with Gasteiger partial charge in [0.15, 0.2) is 0 Å². The van der Waals surface area contributed by atoms with E-state index >= 15 is 0 Å². The van der Waals surface area contributed by atoms with Gasteiger partial charge in [0, 0.05) is 0 Å². The molecule has 0 radical (unpaired) electrons. The summed E-state index contributed by atoms with van der Waals surface area (Å²) in [7, 11) is 0. The lowest BCUT2D eigenvalue weighted by Crippen LogP contribution is -2.25. The van der Waals surface area contributed by atoms with Crippen LogP contribution in [0.3, 0.4) is 0 Å². The minimum atomic E-state index is -0.572. The predicted octanol–water partition coefficient (Wildman–Crippen LogP) is 2.36. The summed E-state index contributed by atoms with van der Waals surface area (Å²) in [5, 5.41) is 18.3. The fourth-order valence-corrected chi connectivity index (χ4v) is 1.19. The van der Waals surface area contributed by atoms with Gasteiger partial charge in [-0.15, -0.1) is 0 Å². The standard InChI is InChI=1S/C11H12ClNO2/c1-7(14)8(2)15-11-4-3-9(6-13)5-10(11)12/h3-5,7-8,14H,1-2H3. The molecular formula is C11H12ClNO2. The molecule has 15 heavy (non-hydrogen) atoms. The third kappa shape index (κ3) is 3.12. The van der Waals surface area contributed by atoms with E-state index in [4.69, 9.17) is 21.6 Å². The number of aliphatic hydroxyl groups excluding tert-OH is 1. The molecule has 0 aliphatic heterocycles. The number of halogens is 1. The van der Waals surface area contributed by atoms with Gasteiger partial charge in [-0.2, -0.15) is 5.26 Å². The van der Waals surface area contributed by atoms with Crippen LogP contribution in [-0.4, -0.2) is 17.3 Å². The molecule has 1 rings (SSSR count). The van der Waals surface area contributed by atoms with E-state index in [9.17, 15) is 5.11 Å². The minimum absolute atomic E-state index is 0.338. The Kier molecular flexibility index (Phi) is 3.96. The predicted molar refractivity (Wildman–Crippen MR) is 57.9 cm³/mol. The molecule has 0 saturated carbocycles. The molecule has 0 aliphatic rings. The van der Waals surface area contributed by atoms with Crippen molar-refractivity contribution < 1.29 is 9.84 Å². The zero-order valence-electron chi connectivity index (χ0n) is 8.57. The summed E-state index contributed by atoms with van der Waals surface area (Å²) in [6.45, 7) is 3.39. The first-order valence-electron chi connectivity index (χ1n) is 4.59. The molecule has 0 heterocycles. The van der Waals surface area contributed by atoms with E-state index in [1.54, 1.807) is 26.0 Å². The maximum atomic E-state index is 9.25. The summed E-state index contributed by atoms with van der Waals surface area (Å²) in [6.07, 6.45) is -0.910. The highest BCUT2D eigenvalue weighted by atomic mass is 35.5. The van der Waals surface area contributed by atoms with Gasteiger partial charge in [-0.3, -0.25) is 0 Å². The number of hydrogen-bond acceptors (Lipinski definition) is 3. The van der Waals surface area contributed by atoms with Crippen molar-refractivity contribution >= 4 is 11.6 Å². The van der Waals surface area contributed by atoms with Crippen LogP contribution >= 0.6 is 11.6 Å². The van der Waals surface area contributed by atoms with Crippen molar-refractivity contribution in [3.8, 4) is 11.8 Å². The van der Waals surface area contributed by atoms with Crippen LogP contribution in [0.4, 0.5) is 0 Å². The Morgan fingerprint density at radius 2 is 2.13 bits per heavy atom. The molecule has 0 aliphatic carbocycles. The van der Waals surface area contributed by atoms with Crippen LogP contribution < -0.4 is 4.74 Å². The van der Waals surface area contributed by atoms with Crippen LogP contribution in [0.5, 0.6) is 5.75 Å². The highest BCUT2D eigenvalue weighted by Crippen LogP contribution is 2.26. The molecule has 0 fully saturated rings. The summed E-state index contributed by atoms with van der Waals surface area (Å²) in [5.74, 6) is 0.476. The van der Waals surface area contributed by atoms with Gasteiger partial charge in [-0.1, -0.05) is 11.6 Å². The zero-order valence-corrected chi connectivity index (χ0v) is 9.32. The number of nitrogens with zero attached hydrogens (tertiary/aromatic N) is 1. The van der Waals surface area contributed by atoms with Gasteiger partial charge in [0.05, 0.1) is 22.8 Å². The minimum Gasteiger partial charge on any atom is -0.486 e. The summed E-state index contributed by atoms with van der Waals surface area (Å²) in [4.78, 5) is 0. The fourth-order valence-electron chi connectivity index (χ4n) is 0.965. The Morgan fingerprint density at radius 1 is 1.47 bits per heavy atom. The Hall–Kier alpha value is -1.24. The average molecular weight is 226 g/mol. The highest BCUT2D eigenvalue weighted by molar-refractivity contribution is 6.32. The smallest absolute Gasteiger partial charge is 0.138 e. The van der Waals surface area contributed by atoms with E-state index in [2.05, 4.69) is 0 Å². The molecule has 1 aromatic carbocycles. The number of nitriles is 1. The van der Waals surface area contributed by atoms with Crippen molar-refractivity contribution in [2.75, 3.05) is 0 Å². The number of rotatable bonds is 3. The van der Waals surface area contributed by atoms with Gasteiger partial charge in [0.25, 0.3) is 0 Å². The monoisotopic (exact) mass is 225 g/mol. The van der Waals surface area contributed by atoms with E-state index in [1.807, 2.05) is 6.07 Å². The molecule has 2 atom stereocenters. The number of hydrogen-bond donors (Lipinski definition) is 1. The first kappa shape index (κ1) is 11.8. The van der Waals surface area contributed by atoms with Crippen LogP contribution in [0.15, 0.2) is 18.2 Å². The van der Waals surface area contributed by atoms with Crippen LogP contribution in [-0.2, 0) is 0 Å². The van der Waals surface area contributed by atoms with E-state index in [1.165, 1.54) is 6.07 Å². The van der Waals surface area contributed by atoms with Crippen molar-refractivity contribution in [1.29, 1.82) is 5.26 Å². The molecule has 3 nitrogen and oxygen atoms in total. The summed E-state index contributed by atoms with van der Waals surface area (Å²) < 4.78 is 5.41. The van der Waals surface area contributed by atoms with Crippen molar-refractivity contribution in [1.82, 2.24) is 0 Å². The molecule has 1 N–H and O–H groups in total. The van der Waals surface area contributed by atoms with Crippen LogP contribution in [0.25, 0.3) is 0 Å². The third-order valence-electron chi connectivity index (χ3n) is 2.05. The lowest BCUT2D eigenvalue weighted by Gasteiger charge is -2.17. The maximum Gasteiger partial charge on any atom is 0.138 e. The molecule has 4 heteroatoms. The van der Waals surface area contributed by atoms with E-state index in [0.717, 1.165) is 0 Å². The van der Waals surface area contributed by atoms with Gasteiger partial charge in [-0.25, -0.2) is 0 Å². The average Bonchev–Trinajstić information content (AvgIpc) is 2.20. The first-order chi connectivity index (χ1) is 7.04. The third-order valence-corrected chi connectivity index (χ3v) is 2.35. The molecule has 0 spiro atoms. The van der Waals surface area contributed by atoms with E-state index < -0.39 is 6.10 Å². The number of benzene rings is 1. The van der Waals surface area contributed by atoms with Gasteiger partial charge >= 0.3 is 0 Å². The second kappa shape index (κ2) is 5.01. The fraction of sp³-hybridized carbons (Fsp3) is 0.364. The molecule has 1 aromatic rings. The maximum absolute atomic E-state index is 9.25. The molecule has 0 bridgehead atoms. The SMILES string of the molecule is CC(O)C(C)Oc1ccc(C#N)cc1Cl. The largest absolute Gasteiger partial charge is 0.486 e. The van der Waals surface area contributed by atoms with Crippen LogP contribution in [0, 0.1) is 11.3 Å². The summed E-state index contributed by atoms with van der Waals surface area (Å²) in [5.41, 5.74) is 0.483. The quantitative estimate of drug-likeness (QED) is 0.859. The highest BCUT2D eigenvalue weighted by Gasteiger charge is 2.12. The van der Waals surface area contributed by atoms with E-state index in [0.29, 0.717) is 16.3 Å². The van der Waals surface area contributed by atoms with Crippen molar-refractivity contribution in [2.45, 2.75) is 26.1 Å². The number of aliphatic hydroxyl groups is 1. The van der Waals surface area contributed by atoms with Gasteiger partial charge in [-0.05, 0) is 32.0 Å². The molecule has 0 amide bonds. The van der Waals surface area contributed by atoms with E-state index in [-0.39, 0.29) is 6.10 Å². The Morgan fingerprint density at radius 3 is 2.60 bits per heavy atom. The van der Waals surface area contributed by atoms with Gasteiger partial charge in [0.1, 0.15) is 11.9 Å². The summed E-state index contributed by atoms with van der Waals surface area (Å²) >= 11 is 5.90. The topological polar surface area (TPSA) is 53.2 Å².